The molecular weight excluding hydrogens is 255 g/mol. The van der Waals surface area contributed by atoms with Crippen molar-refractivity contribution in [1.82, 2.24) is 10.3 Å². The fourth-order valence-electron chi connectivity index (χ4n) is 2.03. The van der Waals surface area contributed by atoms with Crippen LogP contribution in [0.25, 0.3) is 0 Å². The van der Waals surface area contributed by atoms with Gasteiger partial charge < -0.3 is 10.1 Å². The second-order valence-electron chi connectivity index (χ2n) is 4.71. The first kappa shape index (κ1) is 14.5. The average Bonchev–Trinajstić information content (AvgIpc) is 2.44. The van der Waals surface area contributed by atoms with Crippen LogP contribution >= 0.6 is 0 Å². The van der Waals surface area contributed by atoms with E-state index in [0.29, 0.717) is 5.88 Å². The van der Waals surface area contributed by atoms with Crippen LogP contribution in [0.3, 0.4) is 0 Å². The van der Waals surface area contributed by atoms with E-state index in [1.165, 1.54) is 6.07 Å². The number of hydrogen-bond donors (Lipinski definition) is 1. The molecule has 2 rings (SSSR count). The van der Waals surface area contributed by atoms with Gasteiger partial charge in [-0.2, -0.15) is 0 Å². The standard InChI is InChI=1S/C16H19FN2O/c1-4-18-12(3)13-6-5-9-19-16(13)20-15-10-11(2)7-8-14(15)17/h5-10,12,18H,4H2,1-3H3. The molecule has 1 aromatic carbocycles. The van der Waals surface area contributed by atoms with Crippen LogP contribution < -0.4 is 10.1 Å². The Hall–Kier alpha value is -1.94. The lowest BCUT2D eigenvalue weighted by Gasteiger charge is -2.16. The van der Waals surface area contributed by atoms with Gasteiger partial charge in [-0.25, -0.2) is 9.37 Å². The van der Waals surface area contributed by atoms with Gasteiger partial charge in [0.1, 0.15) is 0 Å². The first-order valence-corrected chi connectivity index (χ1v) is 6.74. The van der Waals surface area contributed by atoms with E-state index in [1.807, 2.05) is 32.9 Å². The average molecular weight is 274 g/mol. The number of aromatic nitrogens is 1. The summed E-state index contributed by atoms with van der Waals surface area (Å²) in [4.78, 5) is 4.22. The van der Waals surface area contributed by atoms with Gasteiger partial charge in [0.25, 0.3) is 0 Å². The summed E-state index contributed by atoms with van der Waals surface area (Å²) in [5.74, 6) is 0.252. The number of nitrogens with one attached hydrogen (secondary N) is 1. The van der Waals surface area contributed by atoms with Crippen molar-refractivity contribution in [2.75, 3.05) is 6.54 Å². The summed E-state index contributed by atoms with van der Waals surface area (Å²) in [7, 11) is 0. The molecule has 0 aliphatic rings. The fraction of sp³-hybridized carbons (Fsp3) is 0.312. The van der Waals surface area contributed by atoms with E-state index < -0.39 is 0 Å². The molecule has 0 spiro atoms. The Kier molecular flexibility index (Phi) is 4.69. The van der Waals surface area contributed by atoms with Crippen molar-refractivity contribution in [3.8, 4) is 11.6 Å². The lowest BCUT2D eigenvalue weighted by atomic mass is 10.1. The smallest absolute Gasteiger partial charge is 0.224 e. The minimum Gasteiger partial charge on any atom is -0.436 e. The minimum absolute atomic E-state index is 0.0940. The SMILES string of the molecule is CCNC(C)c1cccnc1Oc1cc(C)ccc1F. The number of hydrogen-bond acceptors (Lipinski definition) is 3. The highest BCUT2D eigenvalue weighted by atomic mass is 19.1. The topological polar surface area (TPSA) is 34.2 Å². The van der Waals surface area contributed by atoms with Gasteiger partial charge in [-0.1, -0.05) is 19.1 Å². The van der Waals surface area contributed by atoms with Crippen LogP contribution in [0.4, 0.5) is 4.39 Å². The van der Waals surface area contributed by atoms with E-state index in [9.17, 15) is 4.39 Å². The molecule has 3 nitrogen and oxygen atoms in total. The fourth-order valence-corrected chi connectivity index (χ4v) is 2.03. The lowest BCUT2D eigenvalue weighted by molar-refractivity contribution is 0.414. The molecule has 4 heteroatoms. The van der Waals surface area contributed by atoms with Crippen LogP contribution in [-0.4, -0.2) is 11.5 Å². The first-order valence-electron chi connectivity index (χ1n) is 6.74. The quantitative estimate of drug-likeness (QED) is 0.895. The lowest BCUT2D eigenvalue weighted by Crippen LogP contribution is -2.18. The molecule has 1 N–H and O–H groups in total. The summed E-state index contributed by atoms with van der Waals surface area (Å²) >= 11 is 0. The van der Waals surface area contributed by atoms with Gasteiger partial charge in [-0.05, 0) is 44.2 Å². The van der Waals surface area contributed by atoms with Crippen LogP contribution in [0, 0.1) is 12.7 Å². The molecule has 1 heterocycles. The maximum atomic E-state index is 13.8. The normalized spacial score (nSPS) is 12.2. The zero-order valence-electron chi connectivity index (χ0n) is 12.0. The van der Waals surface area contributed by atoms with E-state index >= 15 is 0 Å². The Morgan fingerprint density at radius 2 is 2.15 bits per heavy atom. The van der Waals surface area contributed by atoms with Crippen LogP contribution in [0.2, 0.25) is 0 Å². The number of aryl methyl sites for hydroxylation is 1. The molecule has 0 aliphatic heterocycles. The molecular formula is C16H19FN2O. The Morgan fingerprint density at radius 1 is 1.35 bits per heavy atom. The second kappa shape index (κ2) is 6.48. The Bertz CT molecular complexity index is 586. The maximum Gasteiger partial charge on any atom is 0.224 e. The van der Waals surface area contributed by atoms with Crippen LogP contribution in [0.1, 0.15) is 31.0 Å². The summed E-state index contributed by atoms with van der Waals surface area (Å²) in [6, 6.07) is 8.66. The molecule has 0 bridgehead atoms. The molecule has 1 unspecified atom stereocenters. The predicted molar refractivity (Wildman–Crippen MR) is 77.5 cm³/mol. The van der Waals surface area contributed by atoms with Crippen molar-refractivity contribution >= 4 is 0 Å². The predicted octanol–water partition coefficient (Wildman–Crippen LogP) is 3.99. The number of rotatable bonds is 5. The number of halogens is 1. The highest BCUT2D eigenvalue weighted by Gasteiger charge is 2.14. The van der Waals surface area contributed by atoms with Crippen molar-refractivity contribution in [2.24, 2.45) is 0 Å². The number of ether oxygens (including phenoxy) is 1. The zero-order valence-corrected chi connectivity index (χ0v) is 12.0. The van der Waals surface area contributed by atoms with Gasteiger partial charge >= 0.3 is 0 Å². The molecule has 106 valence electrons. The highest BCUT2D eigenvalue weighted by Crippen LogP contribution is 2.29. The highest BCUT2D eigenvalue weighted by molar-refractivity contribution is 5.36. The maximum absolute atomic E-state index is 13.8. The zero-order chi connectivity index (χ0) is 14.5. The molecule has 0 saturated heterocycles. The third-order valence-electron chi connectivity index (χ3n) is 3.07. The molecule has 0 fully saturated rings. The largest absolute Gasteiger partial charge is 0.436 e. The van der Waals surface area contributed by atoms with Crippen LogP contribution in [0.5, 0.6) is 11.6 Å². The molecule has 2 aromatic rings. The summed E-state index contributed by atoms with van der Waals surface area (Å²) in [6.07, 6.45) is 1.64. The molecule has 0 aliphatic carbocycles. The molecule has 0 radical (unpaired) electrons. The summed E-state index contributed by atoms with van der Waals surface area (Å²) < 4.78 is 19.4. The van der Waals surface area contributed by atoms with Crippen molar-refractivity contribution in [3.63, 3.8) is 0 Å². The molecule has 1 atom stereocenters. The number of pyridine rings is 1. The second-order valence-corrected chi connectivity index (χ2v) is 4.71. The van der Waals surface area contributed by atoms with E-state index in [1.54, 1.807) is 18.3 Å². The van der Waals surface area contributed by atoms with Gasteiger partial charge in [-0.3, -0.25) is 0 Å². The molecule has 20 heavy (non-hydrogen) atoms. The Morgan fingerprint density at radius 3 is 2.90 bits per heavy atom. The number of nitrogens with zero attached hydrogens (tertiary/aromatic N) is 1. The van der Waals surface area contributed by atoms with Gasteiger partial charge in [0.15, 0.2) is 11.6 Å². The summed E-state index contributed by atoms with van der Waals surface area (Å²) in [5.41, 5.74) is 1.86. The van der Waals surface area contributed by atoms with E-state index in [0.717, 1.165) is 17.7 Å². The van der Waals surface area contributed by atoms with Crippen molar-refractivity contribution in [3.05, 3.63) is 53.5 Å². The summed E-state index contributed by atoms with van der Waals surface area (Å²) in [5, 5.41) is 3.30. The minimum atomic E-state index is -0.386. The molecule has 0 saturated carbocycles. The van der Waals surface area contributed by atoms with E-state index in [-0.39, 0.29) is 17.6 Å². The van der Waals surface area contributed by atoms with Crippen LogP contribution in [0.15, 0.2) is 36.5 Å². The van der Waals surface area contributed by atoms with E-state index in [2.05, 4.69) is 10.3 Å². The molecule has 0 amide bonds. The third-order valence-corrected chi connectivity index (χ3v) is 3.07. The van der Waals surface area contributed by atoms with Gasteiger partial charge in [-0.15, -0.1) is 0 Å². The monoisotopic (exact) mass is 274 g/mol. The Balaban J connectivity index is 2.31. The van der Waals surface area contributed by atoms with Gasteiger partial charge in [0, 0.05) is 17.8 Å². The van der Waals surface area contributed by atoms with Gasteiger partial charge in [0.2, 0.25) is 5.88 Å². The van der Waals surface area contributed by atoms with E-state index in [4.69, 9.17) is 4.74 Å². The van der Waals surface area contributed by atoms with Crippen molar-refractivity contribution in [2.45, 2.75) is 26.8 Å². The van der Waals surface area contributed by atoms with Crippen molar-refractivity contribution < 1.29 is 9.13 Å². The number of benzene rings is 1. The van der Waals surface area contributed by atoms with Crippen LogP contribution in [-0.2, 0) is 0 Å². The Labute approximate surface area is 118 Å². The van der Waals surface area contributed by atoms with Crippen molar-refractivity contribution in [1.29, 1.82) is 0 Å². The van der Waals surface area contributed by atoms with Gasteiger partial charge in [0.05, 0.1) is 0 Å². The molecule has 1 aromatic heterocycles. The third kappa shape index (κ3) is 3.33. The first-order chi connectivity index (χ1) is 9.61. The summed E-state index contributed by atoms with van der Waals surface area (Å²) in [6.45, 7) is 6.80.